The van der Waals surface area contributed by atoms with Crippen LogP contribution in [-0.4, -0.2) is 29.9 Å². The summed E-state index contributed by atoms with van der Waals surface area (Å²) in [5.74, 6) is -0.512. The number of amides is 1. The molecule has 1 heterocycles. The third-order valence-corrected chi connectivity index (χ3v) is 2.82. The van der Waals surface area contributed by atoms with Gasteiger partial charge in [-0.05, 0) is 31.0 Å². The van der Waals surface area contributed by atoms with E-state index in [1.807, 2.05) is 0 Å². The number of likely N-dealkylation sites (tertiary alicyclic amines) is 1. The highest BCUT2D eigenvalue weighted by molar-refractivity contribution is 5.94. The van der Waals surface area contributed by atoms with Crippen molar-refractivity contribution in [3.05, 3.63) is 35.6 Å². The Kier molecular flexibility index (Phi) is 3.19. The molecule has 1 saturated heterocycles. The molecule has 0 aromatic heterocycles. The first kappa shape index (κ1) is 11.1. The van der Waals surface area contributed by atoms with E-state index in [-0.39, 0.29) is 17.8 Å². The number of benzene rings is 1. The molecule has 1 fully saturated rings. The van der Waals surface area contributed by atoms with Crippen molar-refractivity contribution in [2.24, 2.45) is 5.73 Å². The standard InChI is InChI=1S/C12H15FN2O/c13-10-4-1-3-9(7-10)12(16)15-6-2-5-11(14)8-15/h1,3-4,7,11H,2,5-6,8,14H2. The lowest BCUT2D eigenvalue weighted by molar-refractivity contribution is 0.0708. The van der Waals surface area contributed by atoms with Gasteiger partial charge in [-0.1, -0.05) is 6.07 Å². The summed E-state index contributed by atoms with van der Waals surface area (Å²) in [7, 11) is 0. The molecule has 3 nitrogen and oxygen atoms in total. The van der Waals surface area contributed by atoms with Gasteiger partial charge >= 0.3 is 0 Å². The molecule has 1 aliphatic rings. The Labute approximate surface area is 94.0 Å². The Morgan fingerprint density at radius 2 is 2.31 bits per heavy atom. The fourth-order valence-corrected chi connectivity index (χ4v) is 2.00. The van der Waals surface area contributed by atoms with E-state index in [1.54, 1.807) is 17.0 Å². The van der Waals surface area contributed by atoms with Gasteiger partial charge in [0.05, 0.1) is 0 Å². The predicted molar refractivity (Wildman–Crippen MR) is 59.5 cm³/mol. The van der Waals surface area contributed by atoms with Crippen molar-refractivity contribution in [3.63, 3.8) is 0 Å². The van der Waals surface area contributed by atoms with Crippen LogP contribution in [0.2, 0.25) is 0 Å². The van der Waals surface area contributed by atoms with E-state index in [0.717, 1.165) is 12.8 Å². The van der Waals surface area contributed by atoms with Gasteiger partial charge in [-0.3, -0.25) is 4.79 Å². The minimum Gasteiger partial charge on any atom is -0.337 e. The van der Waals surface area contributed by atoms with Crippen LogP contribution in [0.3, 0.4) is 0 Å². The van der Waals surface area contributed by atoms with E-state index < -0.39 is 0 Å². The predicted octanol–water partition coefficient (Wildman–Crippen LogP) is 1.39. The number of hydrogen-bond donors (Lipinski definition) is 1. The number of halogens is 1. The highest BCUT2D eigenvalue weighted by Crippen LogP contribution is 2.13. The monoisotopic (exact) mass is 222 g/mol. The average Bonchev–Trinajstić information content (AvgIpc) is 2.28. The maximum atomic E-state index is 13.0. The van der Waals surface area contributed by atoms with Gasteiger partial charge in [0.25, 0.3) is 5.91 Å². The smallest absolute Gasteiger partial charge is 0.254 e. The fourth-order valence-electron chi connectivity index (χ4n) is 2.00. The molecule has 0 radical (unpaired) electrons. The summed E-state index contributed by atoms with van der Waals surface area (Å²) < 4.78 is 13.0. The van der Waals surface area contributed by atoms with Crippen molar-refractivity contribution in [1.82, 2.24) is 4.90 Å². The number of carbonyl (C=O) groups excluding carboxylic acids is 1. The second kappa shape index (κ2) is 4.61. The van der Waals surface area contributed by atoms with Gasteiger partial charge < -0.3 is 10.6 Å². The average molecular weight is 222 g/mol. The van der Waals surface area contributed by atoms with E-state index in [9.17, 15) is 9.18 Å². The summed E-state index contributed by atoms with van der Waals surface area (Å²) in [6.07, 6.45) is 1.87. The van der Waals surface area contributed by atoms with Crippen molar-refractivity contribution < 1.29 is 9.18 Å². The Bertz CT molecular complexity index is 394. The van der Waals surface area contributed by atoms with Crippen LogP contribution in [-0.2, 0) is 0 Å². The molecule has 0 bridgehead atoms. The maximum absolute atomic E-state index is 13.0. The molecular formula is C12H15FN2O. The molecule has 1 atom stereocenters. The van der Waals surface area contributed by atoms with Gasteiger partial charge in [0, 0.05) is 24.7 Å². The second-order valence-electron chi connectivity index (χ2n) is 4.16. The number of carbonyl (C=O) groups is 1. The quantitative estimate of drug-likeness (QED) is 0.780. The highest BCUT2D eigenvalue weighted by atomic mass is 19.1. The van der Waals surface area contributed by atoms with Gasteiger partial charge in [-0.15, -0.1) is 0 Å². The first-order valence-corrected chi connectivity index (χ1v) is 5.47. The minimum absolute atomic E-state index is 0.0475. The van der Waals surface area contributed by atoms with E-state index in [4.69, 9.17) is 5.73 Å². The second-order valence-corrected chi connectivity index (χ2v) is 4.16. The van der Waals surface area contributed by atoms with Crippen molar-refractivity contribution >= 4 is 5.91 Å². The fraction of sp³-hybridized carbons (Fsp3) is 0.417. The molecule has 0 saturated carbocycles. The summed E-state index contributed by atoms with van der Waals surface area (Å²) in [5.41, 5.74) is 6.20. The summed E-state index contributed by atoms with van der Waals surface area (Å²) in [6, 6.07) is 5.82. The van der Waals surface area contributed by atoms with E-state index in [1.165, 1.54) is 12.1 Å². The summed E-state index contributed by atoms with van der Waals surface area (Å²) >= 11 is 0. The zero-order chi connectivity index (χ0) is 11.5. The summed E-state index contributed by atoms with van der Waals surface area (Å²) in [5, 5.41) is 0. The topological polar surface area (TPSA) is 46.3 Å². The van der Waals surface area contributed by atoms with Crippen LogP contribution in [0.25, 0.3) is 0 Å². The maximum Gasteiger partial charge on any atom is 0.254 e. The van der Waals surface area contributed by atoms with Gasteiger partial charge in [0.1, 0.15) is 5.82 Å². The zero-order valence-electron chi connectivity index (χ0n) is 9.03. The largest absolute Gasteiger partial charge is 0.337 e. The lowest BCUT2D eigenvalue weighted by atomic mass is 10.1. The van der Waals surface area contributed by atoms with E-state index in [2.05, 4.69) is 0 Å². The molecule has 1 unspecified atom stereocenters. The Morgan fingerprint density at radius 1 is 1.50 bits per heavy atom. The Balaban J connectivity index is 2.12. The lowest BCUT2D eigenvalue weighted by Crippen LogP contribution is -2.45. The summed E-state index contributed by atoms with van der Waals surface area (Å²) in [4.78, 5) is 13.7. The molecule has 2 N–H and O–H groups in total. The zero-order valence-corrected chi connectivity index (χ0v) is 9.03. The molecule has 4 heteroatoms. The molecule has 16 heavy (non-hydrogen) atoms. The molecule has 1 aliphatic heterocycles. The van der Waals surface area contributed by atoms with Crippen LogP contribution in [0.4, 0.5) is 4.39 Å². The van der Waals surface area contributed by atoms with Crippen molar-refractivity contribution in [2.45, 2.75) is 18.9 Å². The molecule has 1 aromatic rings. The van der Waals surface area contributed by atoms with E-state index in [0.29, 0.717) is 18.7 Å². The normalized spacial score (nSPS) is 20.9. The number of nitrogens with two attached hydrogens (primary N) is 1. The van der Waals surface area contributed by atoms with Crippen LogP contribution < -0.4 is 5.73 Å². The molecule has 0 aliphatic carbocycles. The third kappa shape index (κ3) is 2.39. The first-order valence-electron chi connectivity index (χ1n) is 5.47. The summed E-state index contributed by atoms with van der Waals surface area (Å²) in [6.45, 7) is 1.28. The molecule has 86 valence electrons. The van der Waals surface area contributed by atoms with Crippen molar-refractivity contribution in [3.8, 4) is 0 Å². The number of piperidine rings is 1. The van der Waals surface area contributed by atoms with Crippen LogP contribution in [0.5, 0.6) is 0 Å². The van der Waals surface area contributed by atoms with E-state index >= 15 is 0 Å². The molecule has 2 rings (SSSR count). The van der Waals surface area contributed by atoms with Gasteiger partial charge in [0.15, 0.2) is 0 Å². The molecule has 0 spiro atoms. The SMILES string of the molecule is NC1CCCN(C(=O)c2cccc(F)c2)C1. The van der Waals surface area contributed by atoms with Crippen molar-refractivity contribution in [2.75, 3.05) is 13.1 Å². The molecule has 1 aromatic carbocycles. The third-order valence-electron chi connectivity index (χ3n) is 2.82. The molecule has 1 amide bonds. The Hall–Kier alpha value is -1.42. The first-order chi connectivity index (χ1) is 7.66. The van der Waals surface area contributed by atoms with Gasteiger partial charge in [-0.25, -0.2) is 4.39 Å². The lowest BCUT2D eigenvalue weighted by Gasteiger charge is -2.30. The number of nitrogens with zero attached hydrogens (tertiary/aromatic N) is 1. The van der Waals surface area contributed by atoms with Crippen molar-refractivity contribution in [1.29, 1.82) is 0 Å². The van der Waals surface area contributed by atoms with Crippen LogP contribution in [0, 0.1) is 5.82 Å². The van der Waals surface area contributed by atoms with Crippen LogP contribution in [0.1, 0.15) is 23.2 Å². The number of rotatable bonds is 1. The van der Waals surface area contributed by atoms with Crippen LogP contribution in [0.15, 0.2) is 24.3 Å². The molecular weight excluding hydrogens is 207 g/mol. The number of hydrogen-bond acceptors (Lipinski definition) is 2. The van der Waals surface area contributed by atoms with Gasteiger partial charge in [-0.2, -0.15) is 0 Å². The van der Waals surface area contributed by atoms with Gasteiger partial charge in [0.2, 0.25) is 0 Å². The highest BCUT2D eigenvalue weighted by Gasteiger charge is 2.22. The van der Waals surface area contributed by atoms with Crippen LogP contribution >= 0.6 is 0 Å². The Morgan fingerprint density at radius 3 is 3.00 bits per heavy atom. The minimum atomic E-state index is -0.382.